The van der Waals surface area contributed by atoms with Gasteiger partial charge in [-0.25, -0.2) is 0 Å². The van der Waals surface area contributed by atoms with E-state index < -0.39 is 0 Å². The average Bonchev–Trinajstić information content (AvgIpc) is 2.90. The highest BCUT2D eigenvalue weighted by atomic mass is 35.5. The molecule has 1 saturated heterocycles. The van der Waals surface area contributed by atoms with Crippen molar-refractivity contribution in [1.82, 2.24) is 14.8 Å². The summed E-state index contributed by atoms with van der Waals surface area (Å²) in [6, 6.07) is 11.9. The van der Waals surface area contributed by atoms with E-state index >= 15 is 0 Å². The van der Waals surface area contributed by atoms with E-state index in [1.165, 1.54) is 5.56 Å². The fourth-order valence-corrected chi connectivity index (χ4v) is 4.30. The zero-order chi connectivity index (χ0) is 18.2. The second-order valence-corrected chi connectivity index (χ2v) is 7.85. The minimum absolute atomic E-state index is 0.227. The number of carbonyl (C=O) groups is 1. The third kappa shape index (κ3) is 5.73. The van der Waals surface area contributed by atoms with Crippen LogP contribution in [0.25, 0.3) is 0 Å². The standard InChI is InChI=1S/C20H24ClN3OS/c21-19-7-2-1-6-18(19)15-26-16-20(25)24-10-4-9-23(11-12-24)14-17-5-3-8-22-13-17/h1-3,5-8,13H,4,9-12,14-16H2. The molecule has 0 atom stereocenters. The van der Waals surface area contributed by atoms with E-state index in [9.17, 15) is 4.79 Å². The number of thioether (sulfide) groups is 1. The molecule has 1 amide bonds. The van der Waals surface area contributed by atoms with Gasteiger partial charge < -0.3 is 4.90 Å². The molecule has 2 aromatic rings. The summed E-state index contributed by atoms with van der Waals surface area (Å²) in [4.78, 5) is 21.1. The Morgan fingerprint density at radius 2 is 2.00 bits per heavy atom. The van der Waals surface area contributed by atoms with Crippen LogP contribution in [0.4, 0.5) is 0 Å². The van der Waals surface area contributed by atoms with Crippen LogP contribution >= 0.6 is 23.4 Å². The van der Waals surface area contributed by atoms with Gasteiger partial charge in [-0.05, 0) is 29.7 Å². The van der Waals surface area contributed by atoms with Crippen molar-refractivity contribution < 1.29 is 4.79 Å². The topological polar surface area (TPSA) is 36.4 Å². The number of hydrogen-bond donors (Lipinski definition) is 0. The van der Waals surface area contributed by atoms with Gasteiger partial charge in [-0.15, -0.1) is 11.8 Å². The van der Waals surface area contributed by atoms with Crippen molar-refractivity contribution in [3.05, 3.63) is 64.9 Å². The van der Waals surface area contributed by atoms with E-state index in [1.54, 1.807) is 18.0 Å². The first-order valence-electron chi connectivity index (χ1n) is 8.92. The molecule has 26 heavy (non-hydrogen) atoms. The minimum Gasteiger partial charge on any atom is -0.341 e. The van der Waals surface area contributed by atoms with E-state index in [2.05, 4.69) is 16.0 Å². The molecule has 0 N–H and O–H groups in total. The molecule has 1 fully saturated rings. The number of hydrogen-bond acceptors (Lipinski definition) is 4. The van der Waals surface area contributed by atoms with Crippen LogP contribution in [-0.2, 0) is 17.1 Å². The smallest absolute Gasteiger partial charge is 0.232 e. The monoisotopic (exact) mass is 389 g/mol. The first kappa shape index (κ1) is 19.2. The Labute approximate surface area is 164 Å². The molecule has 0 unspecified atom stereocenters. The Morgan fingerprint density at radius 1 is 1.12 bits per heavy atom. The van der Waals surface area contributed by atoms with Crippen molar-refractivity contribution >= 4 is 29.3 Å². The van der Waals surface area contributed by atoms with Crippen LogP contribution in [0, 0.1) is 0 Å². The minimum atomic E-state index is 0.227. The van der Waals surface area contributed by atoms with Gasteiger partial charge in [0.25, 0.3) is 0 Å². The lowest BCUT2D eigenvalue weighted by Gasteiger charge is -2.22. The lowest BCUT2D eigenvalue weighted by Crippen LogP contribution is -2.36. The molecule has 0 radical (unpaired) electrons. The zero-order valence-corrected chi connectivity index (χ0v) is 16.4. The van der Waals surface area contributed by atoms with Crippen LogP contribution in [0.5, 0.6) is 0 Å². The lowest BCUT2D eigenvalue weighted by molar-refractivity contribution is -0.128. The molecule has 2 heterocycles. The molecule has 0 spiro atoms. The number of halogens is 1. The maximum absolute atomic E-state index is 12.5. The fraction of sp³-hybridized carbons (Fsp3) is 0.400. The average molecular weight is 390 g/mol. The van der Waals surface area contributed by atoms with Gasteiger partial charge in [0, 0.05) is 55.9 Å². The van der Waals surface area contributed by atoms with Crippen molar-refractivity contribution in [1.29, 1.82) is 0 Å². The molecule has 1 aliphatic rings. The Bertz CT molecular complexity index is 713. The third-order valence-corrected chi connectivity index (χ3v) is 5.85. The van der Waals surface area contributed by atoms with Gasteiger partial charge in [0.15, 0.2) is 0 Å². The van der Waals surface area contributed by atoms with Crippen molar-refractivity contribution in [3.8, 4) is 0 Å². The van der Waals surface area contributed by atoms with E-state index in [1.807, 2.05) is 41.4 Å². The number of nitrogens with zero attached hydrogens (tertiary/aromatic N) is 3. The molecule has 1 aromatic carbocycles. The molecule has 1 aromatic heterocycles. The van der Waals surface area contributed by atoms with E-state index in [0.29, 0.717) is 5.75 Å². The number of benzene rings is 1. The van der Waals surface area contributed by atoms with Crippen molar-refractivity contribution in [2.75, 3.05) is 31.9 Å². The number of rotatable bonds is 6. The highest BCUT2D eigenvalue weighted by Gasteiger charge is 2.19. The number of pyridine rings is 1. The molecule has 0 aliphatic carbocycles. The summed E-state index contributed by atoms with van der Waals surface area (Å²) < 4.78 is 0. The van der Waals surface area contributed by atoms with Crippen LogP contribution in [0.15, 0.2) is 48.8 Å². The predicted molar refractivity (Wildman–Crippen MR) is 108 cm³/mol. The van der Waals surface area contributed by atoms with E-state index in [0.717, 1.165) is 55.5 Å². The van der Waals surface area contributed by atoms with Crippen LogP contribution in [0.1, 0.15) is 17.5 Å². The molecular formula is C20H24ClN3OS. The first-order chi connectivity index (χ1) is 12.7. The Balaban J connectivity index is 1.43. The van der Waals surface area contributed by atoms with Crippen molar-refractivity contribution in [3.63, 3.8) is 0 Å². The summed E-state index contributed by atoms with van der Waals surface area (Å²) in [7, 11) is 0. The van der Waals surface area contributed by atoms with Crippen LogP contribution in [-0.4, -0.2) is 52.6 Å². The summed E-state index contributed by atoms with van der Waals surface area (Å²) in [6.45, 7) is 4.47. The lowest BCUT2D eigenvalue weighted by atomic mass is 10.2. The van der Waals surface area contributed by atoms with Crippen LogP contribution in [0.2, 0.25) is 5.02 Å². The molecule has 4 nitrogen and oxygen atoms in total. The second-order valence-electron chi connectivity index (χ2n) is 6.46. The summed E-state index contributed by atoms with van der Waals surface area (Å²) in [5.74, 6) is 1.51. The number of carbonyl (C=O) groups excluding carboxylic acids is 1. The number of aromatic nitrogens is 1. The van der Waals surface area contributed by atoms with Gasteiger partial charge >= 0.3 is 0 Å². The molecule has 3 rings (SSSR count). The predicted octanol–water partition coefficient (Wildman–Crippen LogP) is 3.70. The van der Waals surface area contributed by atoms with Gasteiger partial charge in [0.05, 0.1) is 5.75 Å². The Hall–Kier alpha value is -1.56. The maximum atomic E-state index is 12.5. The van der Waals surface area contributed by atoms with Gasteiger partial charge in [-0.3, -0.25) is 14.7 Å². The second kappa shape index (κ2) is 9.95. The first-order valence-corrected chi connectivity index (χ1v) is 10.5. The highest BCUT2D eigenvalue weighted by molar-refractivity contribution is 7.99. The quantitative estimate of drug-likeness (QED) is 0.754. The maximum Gasteiger partial charge on any atom is 0.232 e. The highest BCUT2D eigenvalue weighted by Crippen LogP contribution is 2.21. The van der Waals surface area contributed by atoms with Gasteiger partial charge in [0.1, 0.15) is 0 Å². The summed E-state index contributed by atoms with van der Waals surface area (Å²) in [5.41, 5.74) is 2.31. The van der Waals surface area contributed by atoms with Gasteiger partial charge in [-0.2, -0.15) is 0 Å². The molecule has 138 valence electrons. The Kier molecular flexibility index (Phi) is 7.35. The summed E-state index contributed by atoms with van der Waals surface area (Å²) in [6.07, 6.45) is 4.73. The molecule has 6 heteroatoms. The normalized spacial score (nSPS) is 15.7. The molecular weight excluding hydrogens is 366 g/mol. The van der Waals surface area contributed by atoms with Crippen molar-refractivity contribution in [2.45, 2.75) is 18.7 Å². The van der Waals surface area contributed by atoms with Gasteiger partial charge in [0.2, 0.25) is 5.91 Å². The van der Waals surface area contributed by atoms with Gasteiger partial charge in [-0.1, -0.05) is 35.9 Å². The van der Waals surface area contributed by atoms with E-state index in [4.69, 9.17) is 11.6 Å². The number of amides is 1. The summed E-state index contributed by atoms with van der Waals surface area (Å²) in [5, 5.41) is 0.772. The van der Waals surface area contributed by atoms with Crippen LogP contribution in [0.3, 0.4) is 0 Å². The SMILES string of the molecule is O=C(CSCc1ccccc1Cl)N1CCCN(Cc2cccnc2)CC1. The van der Waals surface area contributed by atoms with Crippen molar-refractivity contribution in [2.24, 2.45) is 0 Å². The Morgan fingerprint density at radius 3 is 2.81 bits per heavy atom. The largest absolute Gasteiger partial charge is 0.341 e. The van der Waals surface area contributed by atoms with Crippen LogP contribution < -0.4 is 0 Å². The summed E-state index contributed by atoms with van der Waals surface area (Å²) >= 11 is 7.81. The molecule has 1 aliphatic heterocycles. The fourth-order valence-electron chi connectivity index (χ4n) is 3.08. The molecule has 0 saturated carbocycles. The zero-order valence-electron chi connectivity index (χ0n) is 14.8. The van der Waals surface area contributed by atoms with E-state index in [-0.39, 0.29) is 5.91 Å². The molecule has 0 bridgehead atoms. The third-order valence-electron chi connectivity index (χ3n) is 4.51.